The van der Waals surface area contributed by atoms with Gasteiger partial charge in [0.15, 0.2) is 0 Å². The van der Waals surface area contributed by atoms with Gasteiger partial charge in [0, 0.05) is 26.3 Å². The number of carboxylic acid groups (broad SMARTS) is 1. The van der Waals surface area contributed by atoms with Gasteiger partial charge < -0.3 is 25.2 Å². The molecule has 0 spiro atoms. The van der Waals surface area contributed by atoms with Crippen LogP contribution in [0.25, 0.3) is 0 Å². The van der Waals surface area contributed by atoms with Gasteiger partial charge in [0.05, 0.1) is 12.1 Å². The molecule has 2 amide bonds. The summed E-state index contributed by atoms with van der Waals surface area (Å²) in [5, 5.41) is 6.89. The first-order chi connectivity index (χ1) is 17.3. The quantitative estimate of drug-likeness (QED) is 0.480. The number of carbonyl (C=O) groups is 3. The van der Waals surface area contributed by atoms with E-state index in [0.717, 1.165) is 44.3 Å². The molecule has 3 N–H and O–H groups in total. The van der Waals surface area contributed by atoms with E-state index in [2.05, 4.69) is 4.90 Å². The fourth-order valence-electron chi connectivity index (χ4n) is 4.38. The van der Waals surface area contributed by atoms with E-state index < -0.39 is 11.5 Å². The molecule has 2 heterocycles. The van der Waals surface area contributed by atoms with E-state index in [1.54, 1.807) is 11.9 Å². The third-order valence-corrected chi connectivity index (χ3v) is 6.35. The average Bonchev–Trinajstić information content (AvgIpc) is 2.87. The molecule has 1 aromatic carbocycles. The monoisotopic (exact) mass is 502 g/mol. The number of benzene rings is 1. The van der Waals surface area contributed by atoms with Crippen molar-refractivity contribution in [2.24, 2.45) is 11.7 Å². The minimum atomic E-state index is -0.849. The van der Waals surface area contributed by atoms with Gasteiger partial charge in [0.1, 0.15) is 12.2 Å². The number of amides is 2. The van der Waals surface area contributed by atoms with Crippen LogP contribution in [-0.4, -0.2) is 77.7 Å². The number of piperidine rings is 1. The van der Waals surface area contributed by atoms with E-state index in [-0.39, 0.29) is 36.7 Å². The van der Waals surface area contributed by atoms with E-state index in [0.29, 0.717) is 19.0 Å². The fourth-order valence-corrected chi connectivity index (χ4v) is 4.38. The smallest absolute Gasteiger partial charge is 0.290 e. The highest BCUT2D eigenvalue weighted by Gasteiger charge is 2.21. The minimum absolute atomic E-state index is 0.190. The Morgan fingerprint density at radius 2 is 1.86 bits per heavy atom. The maximum Gasteiger partial charge on any atom is 0.290 e. The Morgan fingerprint density at radius 1 is 1.22 bits per heavy atom. The number of primary amides is 1. The highest BCUT2D eigenvalue weighted by atomic mass is 19.1. The third kappa shape index (κ3) is 8.60. The summed E-state index contributed by atoms with van der Waals surface area (Å²) < 4.78 is 13.8. The molecular formula is C26H35FN4O5. The number of hydrogen-bond donors (Lipinski definition) is 2. The van der Waals surface area contributed by atoms with Crippen LogP contribution in [0.4, 0.5) is 4.39 Å². The topological polar surface area (TPSA) is 126 Å². The second kappa shape index (κ2) is 14.8. The second-order valence-corrected chi connectivity index (χ2v) is 8.87. The normalized spacial score (nSPS) is 13.9. The lowest BCUT2D eigenvalue weighted by Crippen LogP contribution is -2.35. The van der Waals surface area contributed by atoms with Gasteiger partial charge in [-0.05, 0) is 56.3 Å². The Labute approximate surface area is 210 Å². The number of aromatic nitrogens is 1. The number of alkyl halides is 1. The average molecular weight is 503 g/mol. The van der Waals surface area contributed by atoms with Crippen molar-refractivity contribution in [3.05, 3.63) is 69.6 Å². The molecule has 1 fully saturated rings. The summed E-state index contributed by atoms with van der Waals surface area (Å²) in [5.74, 6) is -0.506. The highest BCUT2D eigenvalue weighted by Crippen LogP contribution is 2.22. The molecule has 0 radical (unpaired) electrons. The summed E-state index contributed by atoms with van der Waals surface area (Å²) in [6, 6.07) is 10.7. The standard InChI is InChI=1S/C25H33FN4O3.CH2O2/c1-28(12-5-8-19-9-13-29(14-10-19)15-11-26)24(32)21-16-22(23(27)31)25(33)30(18-21)17-20-6-3-2-4-7-20;2-1-3/h2-4,6-7,16,18-19H,5,8-15,17H2,1H3,(H2,27,31);1H,(H,2,3). The third-order valence-electron chi connectivity index (χ3n) is 6.35. The van der Waals surface area contributed by atoms with E-state index in [1.165, 1.54) is 16.8 Å². The molecule has 1 aliphatic heterocycles. The lowest BCUT2D eigenvalue weighted by molar-refractivity contribution is -0.122. The van der Waals surface area contributed by atoms with Crippen molar-refractivity contribution in [1.82, 2.24) is 14.4 Å². The second-order valence-electron chi connectivity index (χ2n) is 8.87. The van der Waals surface area contributed by atoms with Crippen molar-refractivity contribution in [2.45, 2.75) is 32.2 Å². The van der Waals surface area contributed by atoms with Crippen LogP contribution in [0.5, 0.6) is 0 Å². The molecule has 0 saturated carbocycles. The summed E-state index contributed by atoms with van der Waals surface area (Å²) >= 11 is 0. The van der Waals surface area contributed by atoms with Crippen molar-refractivity contribution in [3.8, 4) is 0 Å². The first-order valence-corrected chi connectivity index (χ1v) is 12.0. The zero-order chi connectivity index (χ0) is 26.5. The number of carbonyl (C=O) groups excluding carboxylic acids is 2. The number of nitrogens with zero attached hydrogens (tertiary/aromatic N) is 3. The molecule has 1 saturated heterocycles. The molecule has 196 valence electrons. The molecule has 1 aromatic heterocycles. The van der Waals surface area contributed by atoms with Crippen LogP contribution in [0.1, 0.15) is 52.0 Å². The van der Waals surface area contributed by atoms with Gasteiger partial charge >= 0.3 is 0 Å². The molecule has 9 nitrogen and oxygen atoms in total. The predicted molar refractivity (Wildman–Crippen MR) is 135 cm³/mol. The van der Waals surface area contributed by atoms with Gasteiger partial charge in [0.2, 0.25) is 0 Å². The zero-order valence-corrected chi connectivity index (χ0v) is 20.6. The summed E-state index contributed by atoms with van der Waals surface area (Å²) in [6.45, 7) is 2.65. The zero-order valence-electron chi connectivity index (χ0n) is 20.6. The Hall–Kier alpha value is -3.53. The number of halogens is 1. The van der Waals surface area contributed by atoms with Gasteiger partial charge in [-0.15, -0.1) is 0 Å². The molecule has 1 aliphatic rings. The summed E-state index contributed by atoms with van der Waals surface area (Å²) in [5.41, 5.74) is 5.86. The Morgan fingerprint density at radius 3 is 2.44 bits per heavy atom. The molecule has 36 heavy (non-hydrogen) atoms. The van der Waals surface area contributed by atoms with Crippen LogP contribution in [0.15, 0.2) is 47.4 Å². The largest absolute Gasteiger partial charge is 0.483 e. The van der Waals surface area contributed by atoms with E-state index in [4.69, 9.17) is 15.6 Å². The van der Waals surface area contributed by atoms with E-state index in [1.807, 2.05) is 30.3 Å². The van der Waals surface area contributed by atoms with E-state index >= 15 is 0 Å². The number of pyridine rings is 1. The highest BCUT2D eigenvalue weighted by molar-refractivity contribution is 5.98. The van der Waals surface area contributed by atoms with Crippen molar-refractivity contribution >= 4 is 18.3 Å². The maximum atomic E-state index is 13.0. The number of likely N-dealkylation sites (tertiary alicyclic amines) is 1. The summed E-state index contributed by atoms with van der Waals surface area (Å²) in [4.78, 5) is 49.7. The van der Waals surface area contributed by atoms with Gasteiger partial charge in [-0.3, -0.25) is 19.2 Å². The molecule has 0 aliphatic carbocycles. The number of hydrogen-bond acceptors (Lipinski definition) is 5. The lowest BCUT2D eigenvalue weighted by Gasteiger charge is -2.31. The van der Waals surface area contributed by atoms with Crippen molar-refractivity contribution < 1.29 is 23.9 Å². The van der Waals surface area contributed by atoms with Crippen LogP contribution < -0.4 is 11.3 Å². The van der Waals surface area contributed by atoms with Gasteiger partial charge in [-0.1, -0.05) is 30.3 Å². The summed E-state index contributed by atoms with van der Waals surface area (Å²) in [7, 11) is 1.72. The number of nitrogens with two attached hydrogens (primary N) is 1. The van der Waals surface area contributed by atoms with Gasteiger partial charge in [-0.2, -0.15) is 0 Å². The Balaban J connectivity index is 0.00000145. The van der Waals surface area contributed by atoms with Crippen LogP contribution in [-0.2, 0) is 11.3 Å². The van der Waals surface area contributed by atoms with Crippen molar-refractivity contribution in [1.29, 1.82) is 0 Å². The molecule has 3 rings (SSSR count). The maximum absolute atomic E-state index is 13.0. The molecule has 0 unspecified atom stereocenters. The Kier molecular flexibility index (Phi) is 11.8. The van der Waals surface area contributed by atoms with Crippen LogP contribution in [0.2, 0.25) is 0 Å². The van der Waals surface area contributed by atoms with Gasteiger partial charge in [0.25, 0.3) is 23.8 Å². The summed E-state index contributed by atoms with van der Waals surface area (Å²) in [6.07, 6.45) is 5.50. The van der Waals surface area contributed by atoms with Crippen LogP contribution in [0, 0.1) is 5.92 Å². The van der Waals surface area contributed by atoms with Gasteiger partial charge in [-0.25, -0.2) is 4.39 Å². The predicted octanol–water partition coefficient (Wildman–Crippen LogP) is 2.23. The van der Waals surface area contributed by atoms with Crippen LogP contribution >= 0.6 is 0 Å². The Bertz CT molecular complexity index is 1050. The van der Waals surface area contributed by atoms with Crippen molar-refractivity contribution in [3.63, 3.8) is 0 Å². The molecule has 0 atom stereocenters. The fraction of sp³-hybridized carbons (Fsp3) is 0.462. The first kappa shape index (κ1) is 28.7. The lowest BCUT2D eigenvalue weighted by atomic mass is 9.92. The number of rotatable bonds is 10. The molecular weight excluding hydrogens is 467 g/mol. The first-order valence-electron chi connectivity index (χ1n) is 12.0. The van der Waals surface area contributed by atoms with E-state index in [9.17, 15) is 18.8 Å². The van der Waals surface area contributed by atoms with Crippen LogP contribution in [0.3, 0.4) is 0 Å². The molecule has 10 heteroatoms. The minimum Gasteiger partial charge on any atom is -0.483 e. The molecule has 0 bridgehead atoms. The van der Waals surface area contributed by atoms with Crippen molar-refractivity contribution in [2.75, 3.05) is 39.9 Å². The molecule has 2 aromatic rings. The SMILES string of the molecule is CN(CCCC1CCN(CCF)CC1)C(=O)c1cc(C(N)=O)c(=O)n(Cc2ccccc2)c1.O=CO.